The van der Waals surface area contributed by atoms with Crippen molar-refractivity contribution < 1.29 is 39.8 Å². The van der Waals surface area contributed by atoms with E-state index in [4.69, 9.17) is 9.15 Å². The molecule has 1 aliphatic heterocycles. The summed E-state index contributed by atoms with van der Waals surface area (Å²) in [6.07, 6.45) is 8.23. The Morgan fingerprint density at radius 2 is 1.70 bits per heavy atom. The third-order valence-electron chi connectivity index (χ3n) is 9.47. The highest BCUT2D eigenvalue weighted by atomic mass is 16.5. The van der Waals surface area contributed by atoms with Crippen LogP contribution in [-0.2, 0) is 10.2 Å². The lowest BCUT2D eigenvalue weighted by Gasteiger charge is -2.36. The minimum Gasteiger partial charge on any atom is -0.507 e. The molecule has 1 aliphatic rings. The van der Waals surface area contributed by atoms with E-state index in [2.05, 4.69) is 45.9 Å². The molecule has 7 unspecified atom stereocenters. The summed E-state index contributed by atoms with van der Waals surface area (Å²) in [5, 5.41) is 62.8. The van der Waals surface area contributed by atoms with Crippen LogP contribution in [0.15, 0.2) is 62.9 Å². The lowest BCUT2D eigenvalue weighted by Crippen LogP contribution is -2.46. The molecule has 2 heterocycles. The molecule has 0 aliphatic carbocycles. The van der Waals surface area contributed by atoms with Crippen molar-refractivity contribution in [3.05, 3.63) is 75.4 Å². The SMILES string of the molecule is CCC(C)CC(C)/C=C(C)/C=C/CC(C)C(O)C(C)/C=C(C)/C=C/C(O)C(C)(C)c1cc(O)c([C@H]2O[C@@H](CO)CC(O)[C@@H]2O)c(=O)o1. The van der Waals surface area contributed by atoms with Gasteiger partial charge in [0.05, 0.1) is 36.4 Å². The molecule has 0 aromatic carbocycles. The summed E-state index contributed by atoms with van der Waals surface area (Å²) in [5.74, 6) is 0.643. The van der Waals surface area contributed by atoms with Crippen molar-refractivity contribution in [3.63, 3.8) is 0 Å². The molecule has 47 heavy (non-hydrogen) atoms. The Morgan fingerprint density at radius 1 is 1.06 bits per heavy atom. The number of hydrogen-bond donors (Lipinski definition) is 6. The maximum atomic E-state index is 13.0. The highest BCUT2D eigenvalue weighted by molar-refractivity contribution is 5.36. The topological polar surface area (TPSA) is 161 Å². The molecule has 0 radical (unpaired) electrons. The number of hydrogen-bond acceptors (Lipinski definition) is 9. The van der Waals surface area contributed by atoms with Crippen LogP contribution in [0.5, 0.6) is 5.75 Å². The molecule has 1 fully saturated rings. The highest BCUT2D eigenvalue weighted by Gasteiger charge is 2.41. The van der Waals surface area contributed by atoms with E-state index in [0.717, 1.165) is 12.0 Å². The summed E-state index contributed by atoms with van der Waals surface area (Å²) in [6, 6.07) is 1.20. The van der Waals surface area contributed by atoms with Crippen LogP contribution in [0, 0.1) is 23.7 Å². The number of aromatic hydroxyl groups is 1. The standard InChI is InChI=1S/C38H60O9/c1-10-22(2)16-25(5)17-23(3)12-11-13-26(6)34(43)27(7)18-24(4)14-15-31(42)38(8,9)32-20-29(40)33(37(45)47-32)36-35(44)30(41)19-28(21-39)46-36/h11-12,14-15,17-18,20,22,25-28,30-31,34-36,39-44H,10,13,16,19,21H2,1-9H3/b12-11+,15-14+,23-17+,24-18+/t22?,25?,26?,27?,28-,30?,31?,34?,35+,36-/m1/s1. The van der Waals surface area contributed by atoms with Gasteiger partial charge in [-0.1, -0.05) is 88.6 Å². The molecule has 9 nitrogen and oxygen atoms in total. The molecule has 10 atom stereocenters. The Labute approximate surface area is 281 Å². The van der Waals surface area contributed by atoms with Gasteiger partial charge in [-0.3, -0.25) is 0 Å². The second-order valence-electron chi connectivity index (χ2n) is 14.4. The largest absolute Gasteiger partial charge is 0.507 e. The normalized spacial score (nSPS) is 25.6. The van der Waals surface area contributed by atoms with Gasteiger partial charge in [-0.05, 0) is 58.3 Å². The predicted octanol–water partition coefficient (Wildman–Crippen LogP) is 5.63. The first-order chi connectivity index (χ1) is 21.9. The smallest absolute Gasteiger partial charge is 0.345 e. The maximum absolute atomic E-state index is 13.0. The molecule has 1 saturated heterocycles. The van der Waals surface area contributed by atoms with E-state index >= 15 is 0 Å². The molecule has 1 aromatic heterocycles. The van der Waals surface area contributed by atoms with Gasteiger partial charge < -0.3 is 39.8 Å². The van der Waals surface area contributed by atoms with Gasteiger partial charge in [-0.25, -0.2) is 4.79 Å². The van der Waals surface area contributed by atoms with Crippen molar-refractivity contribution >= 4 is 0 Å². The maximum Gasteiger partial charge on any atom is 0.345 e. The Hall–Kier alpha value is -2.53. The quantitative estimate of drug-likeness (QED) is 0.124. The third kappa shape index (κ3) is 11.5. The van der Waals surface area contributed by atoms with Crippen LogP contribution in [0.3, 0.4) is 0 Å². The predicted molar refractivity (Wildman–Crippen MR) is 185 cm³/mol. The first-order valence-corrected chi connectivity index (χ1v) is 17.0. The Kier molecular flexibility index (Phi) is 15.8. The van der Waals surface area contributed by atoms with Crippen LogP contribution in [0.1, 0.15) is 105 Å². The summed E-state index contributed by atoms with van der Waals surface area (Å²) in [4.78, 5) is 13.0. The first-order valence-electron chi connectivity index (χ1n) is 17.0. The van der Waals surface area contributed by atoms with E-state index in [-0.39, 0.29) is 29.6 Å². The van der Waals surface area contributed by atoms with Gasteiger partial charge in [0.25, 0.3) is 0 Å². The van der Waals surface area contributed by atoms with Crippen LogP contribution >= 0.6 is 0 Å². The van der Waals surface area contributed by atoms with Gasteiger partial charge in [0.15, 0.2) is 0 Å². The summed E-state index contributed by atoms with van der Waals surface area (Å²) < 4.78 is 11.0. The van der Waals surface area contributed by atoms with Crippen LogP contribution in [0.2, 0.25) is 0 Å². The number of aliphatic hydroxyl groups excluding tert-OH is 5. The zero-order chi connectivity index (χ0) is 35.6. The van der Waals surface area contributed by atoms with E-state index < -0.39 is 60.0 Å². The van der Waals surface area contributed by atoms with Gasteiger partial charge in [0.2, 0.25) is 0 Å². The second-order valence-corrected chi connectivity index (χ2v) is 14.4. The Balaban J connectivity index is 2.07. The lowest BCUT2D eigenvalue weighted by atomic mass is 9.82. The average Bonchev–Trinajstić information content (AvgIpc) is 3.00. The van der Waals surface area contributed by atoms with E-state index in [1.54, 1.807) is 26.0 Å². The fourth-order valence-corrected chi connectivity index (χ4v) is 6.08. The fraction of sp³-hybridized carbons (Fsp3) is 0.658. The minimum absolute atomic E-state index is 0.00724. The van der Waals surface area contributed by atoms with E-state index in [1.165, 1.54) is 24.5 Å². The van der Waals surface area contributed by atoms with Crippen LogP contribution in [0.25, 0.3) is 0 Å². The zero-order valence-corrected chi connectivity index (χ0v) is 29.8. The number of rotatable bonds is 16. The average molecular weight is 661 g/mol. The summed E-state index contributed by atoms with van der Waals surface area (Å²) >= 11 is 0. The summed E-state index contributed by atoms with van der Waals surface area (Å²) in [5.41, 5.74) is -0.423. The van der Waals surface area contributed by atoms with E-state index in [0.29, 0.717) is 11.8 Å². The summed E-state index contributed by atoms with van der Waals surface area (Å²) in [7, 11) is 0. The van der Waals surface area contributed by atoms with Crippen LogP contribution in [0.4, 0.5) is 0 Å². The molecule has 266 valence electrons. The minimum atomic E-state index is -1.51. The molecule has 0 saturated carbocycles. The monoisotopic (exact) mass is 660 g/mol. The highest BCUT2D eigenvalue weighted by Crippen LogP contribution is 2.37. The molecule has 0 amide bonds. The Morgan fingerprint density at radius 3 is 2.30 bits per heavy atom. The van der Waals surface area contributed by atoms with Crippen molar-refractivity contribution in [1.29, 1.82) is 0 Å². The first kappa shape index (κ1) is 40.6. The van der Waals surface area contributed by atoms with Gasteiger partial charge in [-0.2, -0.15) is 0 Å². The molecule has 1 aromatic rings. The molecule has 0 spiro atoms. The van der Waals surface area contributed by atoms with Crippen LogP contribution < -0.4 is 5.63 Å². The zero-order valence-electron chi connectivity index (χ0n) is 29.8. The Bertz CT molecular complexity index is 1310. The van der Waals surface area contributed by atoms with Crippen LogP contribution in [-0.4, -0.2) is 67.8 Å². The molecule has 2 rings (SSSR count). The molecular weight excluding hydrogens is 600 g/mol. The number of ether oxygens (including phenoxy) is 1. The van der Waals surface area contributed by atoms with Crippen molar-refractivity contribution in [1.82, 2.24) is 0 Å². The second kappa shape index (κ2) is 18.3. The molecule has 0 bridgehead atoms. The third-order valence-corrected chi connectivity index (χ3v) is 9.47. The van der Waals surface area contributed by atoms with Gasteiger partial charge in [-0.15, -0.1) is 0 Å². The number of allylic oxidation sites excluding steroid dienone is 6. The van der Waals surface area contributed by atoms with Gasteiger partial charge >= 0.3 is 5.63 Å². The molecular formula is C38H60O9. The molecule has 9 heteroatoms. The number of aliphatic hydroxyl groups is 5. The van der Waals surface area contributed by atoms with Crippen molar-refractivity contribution in [2.45, 2.75) is 130 Å². The van der Waals surface area contributed by atoms with Gasteiger partial charge in [0.1, 0.15) is 29.3 Å². The van der Waals surface area contributed by atoms with Crippen molar-refractivity contribution in [2.24, 2.45) is 23.7 Å². The van der Waals surface area contributed by atoms with Crippen molar-refractivity contribution in [2.75, 3.05) is 6.61 Å². The van der Waals surface area contributed by atoms with Gasteiger partial charge in [0, 0.05) is 18.4 Å². The van der Waals surface area contributed by atoms with E-state index in [9.17, 15) is 35.4 Å². The summed E-state index contributed by atoms with van der Waals surface area (Å²) in [6.45, 7) is 17.6. The fourth-order valence-electron chi connectivity index (χ4n) is 6.08. The lowest BCUT2D eigenvalue weighted by molar-refractivity contribution is -0.180. The van der Waals surface area contributed by atoms with Crippen molar-refractivity contribution in [3.8, 4) is 5.75 Å². The molecule has 6 N–H and O–H groups in total. The van der Waals surface area contributed by atoms with E-state index in [1.807, 2.05) is 26.8 Å².